The average Bonchev–Trinajstić information content (AvgIpc) is 2.90. The third kappa shape index (κ3) is 4.18. The fraction of sp³-hybridized carbons (Fsp3) is 0.0667. The molecular weight excluding hydrogens is 352 g/mol. The van der Waals surface area contributed by atoms with E-state index >= 15 is 0 Å². The summed E-state index contributed by atoms with van der Waals surface area (Å²) < 4.78 is 6.01. The number of methoxy groups -OCH3 is 1. The van der Waals surface area contributed by atoms with Gasteiger partial charge in [-0.05, 0) is 40.2 Å². The summed E-state index contributed by atoms with van der Waals surface area (Å²) in [6.07, 6.45) is 1.56. The minimum atomic E-state index is -0.449. The van der Waals surface area contributed by atoms with Crippen LogP contribution in [-0.2, 0) is 4.79 Å². The van der Waals surface area contributed by atoms with Crippen LogP contribution in [0.15, 0.2) is 45.8 Å². The van der Waals surface area contributed by atoms with Gasteiger partial charge in [0.15, 0.2) is 0 Å². The van der Waals surface area contributed by atoms with Crippen molar-refractivity contribution in [1.29, 1.82) is 5.26 Å². The SMILES string of the molecule is COc1cccc(NC(=O)/C(C#N)=C/c2cc(Br)cs2)c1. The highest BCUT2D eigenvalue weighted by Crippen LogP contribution is 2.23. The topological polar surface area (TPSA) is 62.1 Å². The highest BCUT2D eigenvalue weighted by Gasteiger charge is 2.10. The third-order valence-corrected chi connectivity index (χ3v) is 4.21. The number of ether oxygens (including phenoxy) is 1. The number of carbonyl (C=O) groups is 1. The molecule has 1 heterocycles. The minimum absolute atomic E-state index is 0.0483. The van der Waals surface area contributed by atoms with Gasteiger partial charge in [0.2, 0.25) is 0 Å². The maximum Gasteiger partial charge on any atom is 0.266 e. The lowest BCUT2D eigenvalue weighted by Crippen LogP contribution is -2.13. The van der Waals surface area contributed by atoms with E-state index in [1.54, 1.807) is 37.5 Å². The van der Waals surface area contributed by atoms with E-state index in [-0.39, 0.29) is 5.57 Å². The van der Waals surface area contributed by atoms with Crippen LogP contribution in [0.1, 0.15) is 4.88 Å². The molecule has 0 radical (unpaired) electrons. The molecule has 4 nitrogen and oxygen atoms in total. The summed E-state index contributed by atoms with van der Waals surface area (Å²) in [7, 11) is 1.55. The zero-order valence-electron chi connectivity index (χ0n) is 11.1. The van der Waals surface area contributed by atoms with Gasteiger partial charge in [-0.3, -0.25) is 4.79 Å². The van der Waals surface area contributed by atoms with E-state index in [0.717, 1.165) is 9.35 Å². The Morgan fingerprint density at radius 2 is 2.29 bits per heavy atom. The van der Waals surface area contributed by atoms with Gasteiger partial charge in [-0.25, -0.2) is 0 Å². The van der Waals surface area contributed by atoms with Gasteiger partial charge in [0.25, 0.3) is 5.91 Å². The molecule has 0 aliphatic rings. The number of nitrogens with zero attached hydrogens (tertiary/aromatic N) is 1. The van der Waals surface area contributed by atoms with Gasteiger partial charge >= 0.3 is 0 Å². The fourth-order valence-corrected chi connectivity index (χ4v) is 2.97. The van der Waals surface area contributed by atoms with E-state index in [1.807, 2.05) is 17.5 Å². The number of nitriles is 1. The lowest BCUT2D eigenvalue weighted by Gasteiger charge is -2.06. The van der Waals surface area contributed by atoms with Crippen LogP contribution in [0, 0.1) is 11.3 Å². The summed E-state index contributed by atoms with van der Waals surface area (Å²) in [4.78, 5) is 12.9. The Kier molecular flexibility index (Phi) is 5.14. The number of hydrogen-bond acceptors (Lipinski definition) is 4. The van der Waals surface area contributed by atoms with Crippen molar-refractivity contribution in [2.24, 2.45) is 0 Å². The number of benzene rings is 1. The van der Waals surface area contributed by atoms with Crippen molar-refractivity contribution >= 4 is 44.9 Å². The van der Waals surface area contributed by atoms with Crippen molar-refractivity contribution in [2.75, 3.05) is 12.4 Å². The predicted octanol–water partition coefficient (Wildman–Crippen LogP) is 4.06. The van der Waals surface area contributed by atoms with Crippen LogP contribution >= 0.6 is 27.3 Å². The number of nitrogens with one attached hydrogen (secondary N) is 1. The monoisotopic (exact) mass is 362 g/mol. The van der Waals surface area contributed by atoms with Crippen LogP contribution in [0.5, 0.6) is 5.75 Å². The predicted molar refractivity (Wildman–Crippen MR) is 87.2 cm³/mol. The summed E-state index contributed by atoms with van der Waals surface area (Å²) in [6.45, 7) is 0. The minimum Gasteiger partial charge on any atom is -0.497 e. The highest BCUT2D eigenvalue weighted by molar-refractivity contribution is 9.10. The summed E-state index contributed by atoms with van der Waals surface area (Å²) in [5, 5.41) is 13.7. The van der Waals surface area contributed by atoms with Crippen LogP contribution in [0.2, 0.25) is 0 Å². The first kappa shape index (κ1) is 15.3. The fourth-order valence-electron chi connectivity index (χ4n) is 1.59. The van der Waals surface area contributed by atoms with Crippen LogP contribution in [0.3, 0.4) is 0 Å². The van der Waals surface area contributed by atoms with Gasteiger partial charge < -0.3 is 10.1 Å². The lowest BCUT2D eigenvalue weighted by molar-refractivity contribution is -0.112. The average molecular weight is 363 g/mol. The summed E-state index contributed by atoms with van der Waals surface area (Å²) in [6, 6.07) is 10.7. The second-order valence-electron chi connectivity index (χ2n) is 4.02. The Morgan fingerprint density at radius 3 is 2.90 bits per heavy atom. The molecule has 2 rings (SSSR count). The van der Waals surface area contributed by atoms with E-state index in [4.69, 9.17) is 10.00 Å². The van der Waals surface area contributed by atoms with Crippen molar-refractivity contribution < 1.29 is 9.53 Å². The van der Waals surface area contributed by atoms with Gasteiger partial charge in [-0.15, -0.1) is 11.3 Å². The quantitative estimate of drug-likeness (QED) is 0.658. The Bertz CT molecular complexity index is 731. The molecule has 1 amide bonds. The lowest BCUT2D eigenvalue weighted by atomic mass is 10.2. The van der Waals surface area contributed by atoms with Crippen LogP contribution in [0.4, 0.5) is 5.69 Å². The Hall–Kier alpha value is -2.10. The van der Waals surface area contributed by atoms with Crippen molar-refractivity contribution in [3.8, 4) is 11.8 Å². The van der Waals surface area contributed by atoms with Crippen molar-refractivity contribution in [2.45, 2.75) is 0 Å². The first-order valence-electron chi connectivity index (χ1n) is 5.93. The van der Waals surface area contributed by atoms with Gasteiger partial charge in [0.1, 0.15) is 17.4 Å². The first-order valence-corrected chi connectivity index (χ1v) is 7.61. The van der Waals surface area contributed by atoms with Gasteiger partial charge in [0, 0.05) is 26.5 Å². The highest BCUT2D eigenvalue weighted by atomic mass is 79.9. The van der Waals surface area contributed by atoms with Crippen molar-refractivity contribution in [1.82, 2.24) is 0 Å². The molecular formula is C15H11BrN2O2S. The summed E-state index contributed by atoms with van der Waals surface area (Å²) in [5.41, 5.74) is 0.625. The number of halogens is 1. The number of carbonyl (C=O) groups excluding carboxylic acids is 1. The van der Waals surface area contributed by atoms with Crippen molar-refractivity contribution in [3.05, 3.63) is 50.6 Å². The Morgan fingerprint density at radius 1 is 1.48 bits per heavy atom. The first-order chi connectivity index (χ1) is 10.1. The Labute approximate surface area is 134 Å². The van der Waals surface area contributed by atoms with Crippen LogP contribution in [-0.4, -0.2) is 13.0 Å². The van der Waals surface area contributed by atoms with E-state index in [0.29, 0.717) is 11.4 Å². The molecule has 0 spiro atoms. The summed E-state index contributed by atoms with van der Waals surface area (Å²) >= 11 is 4.78. The molecule has 0 atom stereocenters. The van der Waals surface area contributed by atoms with Gasteiger partial charge in [-0.1, -0.05) is 6.07 Å². The van der Waals surface area contributed by atoms with E-state index in [1.165, 1.54) is 11.3 Å². The van der Waals surface area contributed by atoms with Gasteiger partial charge in [0.05, 0.1) is 7.11 Å². The van der Waals surface area contributed by atoms with E-state index in [9.17, 15) is 4.79 Å². The van der Waals surface area contributed by atoms with Crippen LogP contribution in [0.25, 0.3) is 6.08 Å². The molecule has 0 saturated carbocycles. The number of rotatable bonds is 4. The molecule has 0 saturated heterocycles. The number of hydrogen-bond donors (Lipinski definition) is 1. The number of thiophene rings is 1. The molecule has 0 bridgehead atoms. The van der Waals surface area contributed by atoms with Gasteiger partial charge in [-0.2, -0.15) is 5.26 Å². The molecule has 0 aliphatic heterocycles. The molecule has 0 aliphatic carbocycles. The number of anilines is 1. The molecule has 1 N–H and O–H groups in total. The molecule has 2 aromatic rings. The maximum atomic E-state index is 12.1. The number of amides is 1. The zero-order chi connectivity index (χ0) is 15.2. The second kappa shape index (κ2) is 7.07. The molecule has 0 fully saturated rings. The second-order valence-corrected chi connectivity index (χ2v) is 5.88. The Balaban J connectivity index is 2.17. The molecule has 106 valence electrons. The molecule has 1 aromatic carbocycles. The third-order valence-electron chi connectivity index (χ3n) is 2.57. The smallest absolute Gasteiger partial charge is 0.266 e. The maximum absolute atomic E-state index is 12.1. The zero-order valence-corrected chi connectivity index (χ0v) is 13.5. The van der Waals surface area contributed by atoms with E-state index in [2.05, 4.69) is 21.2 Å². The normalized spacial score (nSPS) is 10.8. The molecule has 6 heteroatoms. The van der Waals surface area contributed by atoms with E-state index < -0.39 is 5.91 Å². The van der Waals surface area contributed by atoms with Crippen LogP contribution < -0.4 is 10.1 Å². The largest absolute Gasteiger partial charge is 0.497 e. The van der Waals surface area contributed by atoms with Crippen molar-refractivity contribution in [3.63, 3.8) is 0 Å². The molecule has 0 unspecified atom stereocenters. The summed E-state index contributed by atoms with van der Waals surface area (Å²) in [5.74, 6) is 0.188. The molecule has 1 aromatic heterocycles. The standard InChI is InChI=1S/C15H11BrN2O2S/c1-20-13-4-2-3-12(7-13)18-15(19)10(8-17)5-14-6-11(16)9-21-14/h2-7,9H,1H3,(H,18,19)/b10-5+. The molecule has 21 heavy (non-hydrogen) atoms.